The molecule has 0 unspecified atom stereocenters. The van der Waals surface area contributed by atoms with Gasteiger partial charge in [-0.1, -0.05) is 77.6 Å². The molecule has 2 amide bonds. The highest BCUT2D eigenvalue weighted by atomic mass is 35.5. The fraction of sp³-hybridized carbons (Fsp3) is 0.231. The Labute approximate surface area is 242 Å². The maximum atomic E-state index is 13.9. The van der Waals surface area contributed by atoms with Crippen molar-refractivity contribution in [3.63, 3.8) is 0 Å². The van der Waals surface area contributed by atoms with E-state index in [0.29, 0.717) is 15.6 Å². The summed E-state index contributed by atoms with van der Waals surface area (Å²) in [4.78, 5) is 27.9. The molecule has 1 N–H and O–H groups in total. The Hall–Kier alpha value is -2.49. The van der Waals surface area contributed by atoms with E-state index in [1.165, 1.54) is 48.3 Å². The Morgan fingerprint density at radius 2 is 1.53 bits per heavy atom. The molecule has 0 fully saturated rings. The second-order valence-corrected chi connectivity index (χ2v) is 11.8. The van der Waals surface area contributed by atoms with Crippen molar-refractivity contribution < 1.29 is 18.0 Å². The lowest BCUT2D eigenvalue weighted by Gasteiger charge is -2.33. The summed E-state index contributed by atoms with van der Waals surface area (Å²) in [6.45, 7) is 1.02. The predicted octanol–water partition coefficient (Wildman–Crippen LogP) is 6.05. The molecule has 12 heteroatoms. The van der Waals surface area contributed by atoms with Gasteiger partial charge in [0.25, 0.3) is 10.0 Å². The largest absolute Gasteiger partial charge is 0.357 e. The summed E-state index contributed by atoms with van der Waals surface area (Å²) in [6.07, 6.45) is 0.264. The van der Waals surface area contributed by atoms with E-state index < -0.39 is 34.4 Å². The number of benzene rings is 3. The summed E-state index contributed by atoms with van der Waals surface area (Å²) in [7, 11) is -2.81. The molecule has 38 heavy (non-hydrogen) atoms. The number of carbonyl (C=O) groups is 2. The number of hydrogen-bond acceptors (Lipinski definition) is 4. The number of sulfonamides is 1. The first kappa shape index (κ1) is 30.1. The average molecular weight is 617 g/mol. The van der Waals surface area contributed by atoms with Crippen LogP contribution in [0.3, 0.4) is 0 Å². The molecule has 0 aliphatic rings. The van der Waals surface area contributed by atoms with Crippen LogP contribution in [-0.2, 0) is 26.2 Å². The number of nitrogens with one attached hydrogen (secondary N) is 1. The molecule has 0 heterocycles. The highest BCUT2D eigenvalue weighted by molar-refractivity contribution is 7.92. The molecule has 3 aromatic rings. The van der Waals surface area contributed by atoms with Crippen molar-refractivity contribution in [1.29, 1.82) is 0 Å². The minimum Gasteiger partial charge on any atom is -0.357 e. The molecule has 0 bridgehead atoms. The zero-order valence-corrected chi connectivity index (χ0v) is 24.3. The number of amides is 2. The monoisotopic (exact) mass is 615 g/mol. The first-order valence-electron chi connectivity index (χ1n) is 11.5. The van der Waals surface area contributed by atoms with E-state index in [0.717, 1.165) is 4.31 Å². The van der Waals surface area contributed by atoms with Gasteiger partial charge in [-0.3, -0.25) is 13.9 Å². The van der Waals surface area contributed by atoms with Gasteiger partial charge in [0.1, 0.15) is 12.6 Å². The van der Waals surface area contributed by atoms with Gasteiger partial charge in [0.15, 0.2) is 0 Å². The third kappa shape index (κ3) is 6.93. The van der Waals surface area contributed by atoms with E-state index >= 15 is 0 Å². The molecule has 3 aromatic carbocycles. The van der Waals surface area contributed by atoms with Crippen LogP contribution in [-0.4, -0.2) is 44.8 Å². The Morgan fingerprint density at radius 1 is 0.895 bits per heavy atom. The van der Waals surface area contributed by atoms with Crippen LogP contribution in [0.2, 0.25) is 20.1 Å². The molecule has 0 spiro atoms. The van der Waals surface area contributed by atoms with Crippen LogP contribution >= 0.6 is 46.4 Å². The van der Waals surface area contributed by atoms with E-state index in [4.69, 9.17) is 46.4 Å². The molecule has 0 saturated carbocycles. The molecule has 7 nitrogen and oxygen atoms in total. The third-order valence-electron chi connectivity index (χ3n) is 5.78. The zero-order chi connectivity index (χ0) is 28.0. The van der Waals surface area contributed by atoms with Crippen molar-refractivity contribution in [2.24, 2.45) is 0 Å². The number of rotatable bonds is 10. The van der Waals surface area contributed by atoms with Gasteiger partial charge in [-0.05, 0) is 54.4 Å². The van der Waals surface area contributed by atoms with Crippen LogP contribution < -0.4 is 9.62 Å². The van der Waals surface area contributed by atoms with Gasteiger partial charge in [-0.2, -0.15) is 0 Å². The normalized spacial score (nSPS) is 12.1. The molecular formula is C26H25Cl4N3O4S. The number of hydrogen-bond donors (Lipinski definition) is 1. The van der Waals surface area contributed by atoms with Crippen molar-refractivity contribution in [3.8, 4) is 0 Å². The molecule has 202 valence electrons. The van der Waals surface area contributed by atoms with Crippen LogP contribution in [0.15, 0.2) is 71.6 Å². The van der Waals surface area contributed by atoms with Crippen molar-refractivity contribution in [3.05, 3.63) is 92.4 Å². The summed E-state index contributed by atoms with van der Waals surface area (Å²) in [5.41, 5.74) is 0.555. The lowest BCUT2D eigenvalue weighted by Crippen LogP contribution is -2.51. The van der Waals surface area contributed by atoms with Crippen molar-refractivity contribution >= 4 is 73.9 Å². The van der Waals surface area contributed by atoms with Crippen LogP contribution in [0, 0.1) is 0 Å². The number of carbonyl (C=O) groups excluding carboxylic acids is 2. The lowest BCUT2D eigenvalue weighted by molar-refractivity contribution is -0.140. The standard InChI is InChI=1S/C26H25Cl4N3O4S/c1-3-23(26(35)31-2)32(15-17-9-10-18(27)13-22(17)30)25(34)16-33(24-14-19(28)11-12-21(24)29)38(36,37)20-7-5-4-6-8-20/h4-14,23H,3,15-16H2,1-2H3,(H,31,35)/t23-/m0/s1. The summed E-state index contributed by atoms with van der Waals surface area (Å²) in [6, 6.07) is 15.8. The Kier molecular flexibility index (Phi) is 10.3. The summed E-state index contributed by atoms with van der Waals surface area (Å²) in [5.74, 6) is -1.06. The maximum absolute atomic E-state index is 13.9. The van der Waals surface area contributed by atoms with Crippen molar-refractivity contribution in [2.45, 2.75) is 30.8 Å². The SMILES string of the molecule is CC[C@@H](C(=O)NC)N(Cc1ccc(Cl)cc1Cl)C(=O)CN(c1cc(Cl)ccc1Cl)S(=O)(=O)c1ccccc1. The lowest BCUT2D eigenvalue weighted by atomic mass is 10.1. The van der Waals surface area contributed by atoms with E-state index in [1.54, 1.807) is 37.3 Å². The van der Waals surface area contributed by atoms with Gasteiger partial charge in [0.2, 0.25) is 11.8 Å². The smallest absolute Gasteiger partial charge is 0.264 e. The van der Waals surface area contributed by atoms with Crippen molar-refractivity contribution in [2.75, 3.05) is 17.9 Å². The molecule has 1 atom stereocenters. The van der Waals surface area contributed by atoms with Gasteiger partial charge >= 0.3 is 0 Å². The first-order valence-corrected chi connectivity index (χ1v) is 14.4. The zero-order valence-electron chi connectivity index (χ0n) is 20.5. The number of halogens is 4. The van der Waals surface area contributed by atoms with Gasteiger partial charge in [-0.15, -0.1) is 0 Å². The first-order chi connectivity index (χ1) is 18.0. The molecule has 0 aromatic heterocycles. The minimum absolute atomic E-state index is 0.0221. The number of anilines is 1. The Bertz CT molecular complexity index is 1420. The highest BCUT2D eigenvalue weighted by Gasteiger charge is 2.34. The Balaban J connectivity index is 2.11. The number of nitrogens with zero attached hydrogens (tertiary/aromatic N) is 2. The quantitative estimate of drug-likeness (QED) is 0.300. The van der Waals surface area contributed by atoms with Crippen LogP contribution in [0.5, 0.6) is 0 Å². The van der Waals surface area contributed by atoms with Crippen LogP contribution in [0.4, 0.5) is 5.69 Å². The predicted molar refractivity (Wildman–Crippen MR) is 153 cm³/mol. The van der Waals surface area contributed by atoms with Gasteiger partial charge < -0.3 is 10.2 Å². The van der Waals surface area contributed by atoms with Gasteiger partial charge in [-0.25, -0.2) is 8.42 Å². The summed E-state index contributed by atoms with van der Waals surface area (Å²) in [5, 5.41) is 3.57. The van der Waals surface area contributed by atoms with Gasteiger partial charge in [0, 0.05) is 28.7 Å². The van der Waals surface area contributed by atoms with E-state index in [1.807, 2.05) is 0 Å². The topological polar surface area (TPSA) is 86.8 Å². The maximum Gasteiger partial charge on any atom is 0.264 e. The molecule has 0 aliphatic carbocycles. The average Bonchev–Trinajstić information content (AvgIpc) is 2.90. The second kappa shape index (κ2) is 13.0. The molecule has 0 saturated heterocycles. The fourth-order valence-corrected chi connectivity index (χ4v) is 6.18. The molecular weight excluding hydrogens is 592 g/mol. The number of likely N-dealkylation sites (N-methyl/N-ethyl adjacent to an activating group) is 1. The van der Waals surface area contributed by atoms with Crippen LogP contribution in [0.1, 0.15) is 18.9 Å². The third-order valence-corrected chi connectivity index (χ3v) is 8.69. The second-order valence-electron chi connectivity index (χ2n) is 8.22. The van der Waals surface area contributed by atoms with Crippen molar-refractivity contribution in [1.82, 2.24) is 10.2 Å². The molecule has 3 rings (SSSR count). The summed E-state index contributed by atoms with van der Waals surface area (Å²) >= 11 is 25.0. The molecule has 0 radical (unpaired) electrons. The molecule has 0 aliphatic heterocycles. The fourth-order valence-electron chi connectivity index (χ4n) is 3.83. The Morgan fingerprint density at radius 3 is 2.13 bits per heavy atom. The minimum atomic E-state index is -4.27. The van der Waals surface area contributed by atoms with E-state index in [9.17, 15) is 18.0 Å². The highest BCUT2D eigenvalue weighted by Crippen LogP contribution is 2.33. The van der Waals surface area contributed by atoms with E-state index in [-0.39, 0.29) is 33.6 Å². The van der Waals surface area contributed by atoms with E-state index in [2.05, 4.69) is 5.32 Å². The van der Waals surface area contributed by atoms with Crippen LogP contribution in [0.25, 0.3) is 0 Å². The van der Waals surface area contributed by atoms with Gasteiger partial charge in [0.05, 0.1) is 15.6 Å². The summed E-state index contributed by atoms with van der Waals surface area (Å²) < 4.78 is 28.4.